The Hall–Kier alpha value is -1.35. The number of nitrogens with two attached hydrogens (primary N) is 1. The van der Waals surface area contributed by atoms with E-state index >= 15 is 0 Å². The highest BCUT2D eigenvalue weighted by Gasteiger charge is 2.28. The lowest BCUT2D eigenvalue weighted by molar-refractivity contribution is -0.130. The number of likely N-dealkylation sites (tertiary alicyclic amines) is 1. The van der Waals surface area contributed by atoms with Gasteiger partial charge < -0.3 is 10.6 Å². The molecule has 2 atom stereocenters. The van der Waals surface area contributed by atoms with Crippen LogP contribution in [0, 0.1) is 11.8 Å². The minimum absolute atomic E-state index is 0.188. The summed E-state index contributed by atoms with van der Waals surface area (Å²) in [5.41, 5.74) is 7.15. The number of carbonyl (C=O) groups is 1. The molecule has 3 heteroatoms. The van der Waals surface area contributed by atoms with Gasteiger partial charge in [-0.05, 0) is 23.8 Å². The highest BCUT2D eigenvalue weighted by atomic mass is 16.2. The molecule has 1 aliphatic rings. The first-order valence-corrected chi connectivity index (χ1v) is 7.16. The van der Waals surface area contributed by atoms with E-state index in [-0.39, 0.29) is 11.9 Å². The van der Waals surface area contributed by atoms with E-state index in [1.54, 1.807) is 0 Å². The van der Waals surface area contributed by atoms with Crippen molar-refractivity contribution >= 4 is 5.91 Å². The summed E-state index contributed by atoms with van der Waals surface area (Å²) in [4.78, 5) is 14.2. The van der Waals surface area contributed by atoms with Gasteiger partial charge in [-0.2, -0.15) is 0 Å². The van der Waals surface area contributed by atoms with Crippen LogP contribution in [-0.4, -0.2) is 23.9 Å². The summed E-state index contributed by atoms with van der Waals surface area (Å²) in [7, 11) is 0. The van der Waals surface area contributed by atoms with Crippen molar-refractivity contribution in [1.29, 1.82) is 0 Å². The van der Waals surface area contributed by atoms with Crippen LogP contribution in [0.4, 0.5) is 0 Å². The van der Waals surface area contributed by atoms with Crippen molar-refractivity contribution in [2.45, 2.75) is 32.7 Å². The number of carbonyl (C=O) groups excluding carboxylic acids is 1. The molecule has 3 nitrogen and oxygen atoms in total. The van der Waals surface area contributed by atoms with Crippen LogP contribution in [0.2, 0.25) is 0 Å². The van der Waals surface area contributed by atoms with Crippen LogP contribution in [0.25, 0.3) is 0 Å². The van der Waals surface area contributed by atoms with E-state index in [9.17, 15) is 4.79 Å². The summed E-state index contributed by atoms with van der Waals surface area (Å²) >= 11 is 0. The van der Waals surface area contributed by atoms with Crippen molar-refractivity contribution in [1.82, 2.24) is 4.90 Å². The summed E-state index contributed by atoms with van der Waals surface area (Å²) in [6.07, 6.45) is 1.54. The van der Waals surface area contributed by atoms with Crippen LogP contribution >= 0.6 is 0 Å². The summed E-state index contributed by atoms with van der Waals surface area (Å²) in [6.45, 7) is 6.25. The van der Waals surface area contributed by atoms with Gasteiger partial charge in [-0.3, -0.25) is 4.79 Å². The molecule has 19 heavy (non-hydrogen) atoms. The lowest BCUT2D eigenvalue weighted by Crippen LogP contribution is -2.32. The molecule has 1 aromatic rings. The van der Waals surface area contributed by atoms with Crippen LogP contribution in [0.3, 0.4) is 0 Å². The van der Waals surface area contributed by atoms with Crippen molar-refractivity contribution in [3.8, 4) is 0 Å². The van der Waals surface area contributed by atoms with Crippen LogP contribution < -0.4 is 5.73 Å². The van der Waals surface area contributed by atoms with Gasteiger partial charge in [-0.1, -0.05) is 44.2 Å². The zero-order chi connectivity index (χ0) is 13.8. The normalized spacial score (nSPS) is 20.8. The summed E-state index contributed by atoms with van der Waals surface area (Å²) < 4.78 is 0. The van der Waals surface area contributed by atoms with Gasteiger partial charge in [0.2, 0.25) is 5.91 Å². The first-order chi connectivity index (χ1) is 9.08. The van der Waals surface area contributed by atoms with Gasteiger partial charge in [0.15, 0.2) is 0 Å². The predicted octanol–water partition coefficient (Wildman–Crippen LogP) is 2.58. The summed E-state index contributed by atoms with van der Waals surface area (Å²) in [6, 6.07) is 9.67. The Morgan fingerprint density at radius 3 is 2.63 bits per heavy atom. The van der Waals surface area contributed by atoms with Crippen molar-refractivity contribution in [2.24, 2.45) is 17.6 Å². The van der Waals surface area contributed by atoms with E-state index < -0.39 is 0 Å². The minimum atomic E-state index is -0.188. The molecule has 2 rings (SSSR count). The van der Waals surface area contributed by atoms with Crippen molar-refractivity contribution in [3.63, 3.8) is 0 Å². The number of benzene rings is 1. The van der Waals surface area contributed by atoms with E-state index in [2.05, 4.69) is 13.8 Å². The van der Waals surface area contributed by atoms with Gasteiger partial charge in [0.05, 0.1) is 0 Å². The zero-order valence-corrected chi connectivity index (χ0v) is 11.9. The Balaban J connectivity index is 1.88. The quantitative estimate of drug-likeness (QED) is 0.904. The molecule has 2 unspecified atom stereocenters. The highest BCUT2D eigenvalue weighted by Crippen LogP contribution is 2.25. The van der Waals surface area contributed by atoms with Crippen molar-refractivity contribution < 1.29 is 4.79 Å². The molecular formula is C16H24N2O. The topological polar surface area (TPSA) is 46.3 Å². The molecule has 104 valence electrons. The third-order valence-electron chi connectivity index (χ3n) is 4.14. The maximum Gasteiger partial charge on any atom is 0.224 e. The maximum absolute atomic E-state index is 12.2. The van der Waals surface area contributed by atoms with Gasteiger partial charge in [0, 0.05) is 25.6 Å². The molecule has 0 radical (unpaired) electrons. The van der Waals surface area contributed by atoms with Gasteiger partial charge in [-0.25, -0.2) is 0 Å². The zero-order valence-electron chi connectivity index (χ0n) is 11.9. The molecule has 0 saturated carbocycles. The third-order valence-corrected chi connectivity index (χ3v) is 4.14. The Labute approximate surface area is 115 Å². The number of hydrogen-bond donors (Lipinski definition) is 1. The number of nitrogens with zero attached hydrogens (tertiary/aromatic N) is 1. The van der Waals surface area contributed by atoms with E-state index in [0.29, 0.717) is 18.3 Å². The Morgan fingerprint density at radius 1 is 1.37 bits per heavy atom. The second-order valence-corrected chi connectivity index (χ2v) is 5.85. The highest BCUT2D eigenvalue weighted by molar-refractivity contribution is 5.77. The fraction of sp³-hybridized carbons (Fsp3) is 0.562. The minimum Gasteiger partial charge on any atom is -0.342 e. The standard InChI is InChI=1S/C16H24N2O/c1-12(2)14-8-9-18(11-14)16(19)10-15(17)13-6-4-3-5-7-13/h3-7,12,14-15H,8-11,17H2,1-2H3. The van der Waals surface area contributed by atoms with Crippen LogP contribution in [0.5, 0.6) is 0 Å². The second kappa shape index (κ2) is 6.20. The van der Waals surface area contributed by atoms with E-state index in [4.69, 9.17) is 5.73 Å². The lowest BCUT2D eigenvalue weighted by Gasteiger charge is -2.20. The summed E-state index contributed by atoms with van der Waals surface area (Å²) in [5.74, 6) is 1.50. The molecule has 0 bridgehead atoms. The van der Waals surface area contributed by atoms with E-state index in [1.165, 1.54) is 0 Å². The number of hydrogen-bond acceptors (Lipinski definition) is 2. The molecule has 0 aromatic heterocycles. The van der Waals surface area contributed by atoms with Crippen molar-refractivity contribution in [2.75, 3.05) is 13.1 Å². The maximum atomic E-state index is 12.2. The predicted molar refractivity (Wildman–Crippen MR) is 77.5 cm³/mol. The Morgan fingerprint density at radius 2 is 2.05 bits per heavy atom. The van der Waals surface area contributed by atoms with Crippen LogP contribution in [0.1, 0.15) is 38.3 Å². The van der Waals surface area contributed by atoms with E-state index in [0.717, 1.165) is 25.1 Å². The summed E-state index contributed by atoms with van der Waals surface area (Å²) in [5, 5.41) is 0. The first-order valence-electron chi connectivity index (χ1n) is 7.16. The third kappa shape index (κ3) is 3.57. The van der Waals surface area contributed by atoms with Gasteiger partial charge >= 0.3 is 0 Å². The molecule has 0 aliphatic carbocycles. The molecule has 1 heterocycles. The average molecular weight is 260 g/mol. The Kier molecular flexibility index (Phi) is 4.59. The van der Waals surface area contributed by atoms with Crippen molar-refractivity contribution in [3.05, 3.63) is 35.9 Å². The first kappa shape index (κ1) is 14.1. The Bertz CT molecular complexity index is 416. The van der Waals surface area contributed by atoms with E-state index in [1.807, 2.05) is 35.2 Å². The van der Waals surface area contributed by atoms with Gasteiger partial charge in [-0.15, -0.1) is 0 Å². The van der Waals surface area contributed by atoms with Gasteiger partial charge in [0.25, 0.3) is 0 Å². The molecule has 1 fully saturated rings. The largest absolute Gasteiger partial charge is 0.342 e. The fourth-order valence-electron chi connectivity index (χ4n) is 2.69. The number of rotatable bonds is 4. The van der Waals surface area contributed by atoms with Crippen LogP contribution in [-0.2, 0) is 4.79 Å². The second-order valence-electron chi connectivity index (χ2n) is 5.85. The molecular weight excluding hydrogens is 236 g/mol. The SMILES string of the molecule is CC(C)C1CCN(C(=O)CC(N)c2ccccc2)C1. The van der Waals surface area contributed by atoms with Gasteiger partial charge in [0.1, 0.15) is 0 Å². The molecule has 1 amide bonds. The lowest BCUT2D eigenvalue weighted by atomic mass is 9.95. The molecule has 0 spiro atoms. The monoisotopic (exact) mass is 260 g/mol. The number of amides is 1. The fourth-order valence-corrected chi connectivity index (χ4v) is 2.69. The molecule has 2 N–H and O–H groups in total. The average Bonchev–Trinajstić information content (AvgIpc) is 2.89. The molecule has 1 aliphatic heterocycles. The van der Waals surface area contributed by atoms with Crippen LogP contribution in [0.15, 0.2) is 30.3 Å². The smallest absolute Gasteiger partial charge is 0.224 e. The molecule has 1 aromatic carbocycles. The molecule has 1 saturated heterocycles.